The van der Waals surface area contributed by atoms with E-state index in [4.69, 9.17) is 18.9 Å². The van der Waals surface area contributed by atoms with Crippen molar-refractivity contribution in [3.63, 3.8) is 0 Å². The van der Waals surface area contributed by atoms with E-state index in [1.165, 1.54) is 116 Å². The summed E-state index contributed by atoms with van der Waals surface area (Å²) in [5, 5.41) is 40.1. The lowest BCUT2D eigenvalue weighted by Gasteiger charge is -2.39. The number of rotatable bonds is 40. The number of allylic oxidation sites excluding steroid dienone is 6. The van der Waals surface area contributed by atoms with Crippen LogP contribution in [0.1, 0.15) is 200 Å². The fraction of sp³-hybridized carbons (Fsp3) is 0.854. The number of esters is 1. The maximum Gasteiger partial charge on any atom is 0.306 e. The van der Waals surface area contributed by atoms with Gasteiger partial charge >= 0.3 is 5.97 Å². The lowest BCUT2D eigenvalue weighted by atomic mass is 9.99. The van der Waals surface area contributed by atoms with Crippen molar-refractivity contribution in [2.75, 3.05) is 26.4 Å². The van der Waals surface area contributed by atoms with Crippen LogP contribution in [0.5, 0.6) is 0 Å². The first-order valence-electron chi connectivity index (χ1n) is 23.6. The lowest BCUT2D eigenvalue weighted by molar-refractivity contribution is -0.305. The van der Waals surface area contributed by atoms with Gasteiger partial charge in [-0.3, -0.25) is 4.79 Å². The minimum absolute atomic E-state index is 0.116. The van der Waals surface area contributed by atoms with Gasteiger partial charge in [0.15, 0.2) is 6.29 Å². The molecule has 0 aromatic carbocycles. The van der Waals surface area contributed by atoms with E-state index in [0.29, 0.717) is 13.0 Å². The van der Waals surface area contributed by atoms with Crippen molar-refractivity contribution in [1.82, 2.24) is 0 Å². The van der Waals surface area contributed by atoms with Gasteiger partial charge in [0.2, 0.25) is 0 Å². The number of hydrogen-bond acceptors (Lipinski definition) is 9. The molecule has 0 aromatic heterocycles. The third-order valence-corrected chi connectivity index (χ3v) is 10.8. The van der Waals surface area contributed by atoms with E-state index in [1.807, 2.05) is 0 Å². The van der Waals surface area contributed by atoms with Gasteiger partial charge in [0.25, 0.3) is 0 Å². The molecular weight excluding hydrogens is 721 g/mol. The Morgan fingerprint density at radius 3 is 1.60 bits per heavy atom. The highest BCUT2D eigenvalue weighted by Crippen LogP contribution is 2.22. The van der Waals surface area contributed by atoms with Crippen molar-refractivity contribution in [3.8, 4) is 0 Å². The predicted molar refractivity (Wildman–Crippen MR) is 233 cm³/mol. The van der Waals surface area contributed by atoms with Crippen molar-refractivity contribution < 1.29 is 44.2 Å². The second-order valence-corrected chi connectivity index (χ2v) is 16.2. The molecule has 57 heavy (non-hydrogen) atoms. The Bertz CT molecular complexity index is 968. The minimum atomic E-state index is -1.54. The minimum Gasteiger partial charge on any atom is -0.457 e. The van der Waals surface area contributed by atoms with Crippen molar-refractivity contribution in [1.29, 1.82) is 0 Å². The zero-order valence-corrected chi connectivity index (χ0v) is 36.6. The Labute approximate surface area is 349 Å². The quantitative estimate of drug-likeness (QED) is 0.0271. The first kappa shape index (κ1) is 53.4. The molecule has 1 saturated heterocycles. The zero-order valence-electron chi connectivity index (χ0n) is 36.6. The van der Waals surface area contributed by atoms with Crippen LogP contribution in [0.25, 0.3) is 0 Å². The SMILES string of the molecule is CCC/C=C\CCCCCCCC(=O)OC(COCCCCCCCCCCCCCC/C=C\C/C=C\CCCCCCC)COC1OC(CO)C(O)C(O)C1O. The molecule has 1 heterocycles. The van der Waals surface area contributed by atoms with Crippen LogP contribution in [0.15, 0.2) is 36.5 Å². The van der Waals surface area contributed by atoms with Crippen LogP contribution in [0.4, 0.5) is 0 Å². The Morgan fingerprint density at radius 1 is 0.561 bits per heavy atom. The maximum atomic E-state index is 12.7. The molecule has 9 nitrogen and oxygen atoms in total. The third kappa shape index (κ3) is 31.0. The molecular formula is C48H88O9. The van der Waals surface area contributed by atoms with Gasteiger partial charge < -0.3 is 39.4 Å². The Morgan fingerprint density at radius 2 is 1.05 bits per heavy atom. The largest absolute Gasteiger partial charge is 0.457 e. The van der Waals surface area contributed by atoms with Gasteiger partial charge in [-0.15, -0.1) is 0 Å². The third-order valence-electron chi connectivity index (χ3n) is 10.8. The monoisotopic (exact) mass is 809 g/mol. The van der Waals surface area contributed by atoms with Crippen molar-refractivity contribution in [2.24, 2.45) is 0 Å². The van der Waals surface area contributed by atoms with E-state index in [2.05, 4.69) is 50.3 Å². The van der Waals surface area contributed by atoms with Gasteiger partial charge in [0.1, 0.15) is 30.5 Å². The molecule has 0 saturated carbocycles. The number of aliphatic hydroxyl groups excluding tert-OH is 4. The lowest BCUT2D eigenvalue weighted by Crippen LogP contribution is -2.59. The summed E-state index contributed by atoms with van der Waals surface area (Å²) in [4.78, 5) is 12.7. The van der Waals surface area contributed by atoms with Gasteiger partial charge in [-0.05, 0) is 64.2 Å². The van der Waals surface area contributed by atoms with Crippen LogP contribution in [0.2, 0.25) is 0 Å². The summed E-state index contributed by atoms with van der Waals surface area (Å²) in [5.74, 6) is -0.325. The fourth-order valence-electron chi connectivity index (χ4n) is 7.05. The smallest absolute Gasteiger partial charge is 0.306 e. The Hall–Kier alpha value is -1.59. The summed E-state index contributed by atoms with van der Waals surface area (Å²) < 4.78 is 22.8. The highest BCUT2D eigenvalue weighted by Gasteiger charge is 2.44. The van der Waals surface area contributed by atoms with Crippen LogP contribution in [0.3, 0.4) is 0 Å². The average Bonchev–Trinajstić information content (AvgIpc) is 3.21. The summed E-state index contributed by atoms with van der Waals surface area (Å²) >= 11 is 0. The summed E-state index contributed by atoms with van der Waals surface area (Å²) in [5.41, 5.74) is 0. The van der Waals surface area contributed by atoms with Gasteiger partial charge in [-0.2, -0.15) is 0 Å². The van der Waals surface area contributed by atoms with E-state index < -0.39 is 43.4 Å². The van der Waals surface area contributed by atoms with Crippen molar-refractivity contribution in [3.05, 3.63) is 36.5 Å². The van der Waals surface area contributed by atoms with E-state index >= 15 is 0 Å². The first-order chi connectivity index (χ1) is 27.9. The number of carbonyl (C=O) groups is 1. The number of ether oxygens (including phenoxy) is 4. The van der Waals surface area contributed by atoms with E-state index in [1.54, 1.807) is 0 Å². The molecule has 1 rings (SSSR count). The second kappa shape index (κ2) is 39.8. The molecule has 1 fully saturated rings. The average molecular weight is 809 g/mol. The van der Waals surface area contributed by atoms with Gasteiger partial charge in [-0.1, -0.05) is 166 Å². The molecule has 6 atom stereocenters. The number of unbranched alkanes of at least 4 members (excludes halogenated alkanes) is 23. The van der Waals surface area contributed by atoms with Gasteiger partial charge in [-0.25, -0.2) is 0 Å². The standard InChI is InChI=1S/C48H88O9/c1-3-5-7-9-11-13-15-16-17-18-19-20-21-22-23-24-25-26-27-28-30-32-34-36-38-54-40-42(41-55-48-47(53)46(52)45(51)43(39-49)57-48)56-44(50)37-35-33-31-29-14-12-10-8-6-4-2/h8,10,15-16,18-19,42-43,45-49,51-53H,3-7,9,11-14,17,20-41H2,1-2H3/b10-8-,16-15-,19-18-. The Balaban J connectivity index is 2.16. The van der Waals surface area contributed by atoms with Crippen LogP contribution in [0, 0.1) is 0 Å². The van der Waals surface area contributed by atoms with E-state index in [-0.39, 0.29) is 19.2 Å². The molecule has 0 spiro atoms. The van der Waals surface area contributed by atoms with Gasteiger partial charge in [0, 0.05) is 13.0 Å². The molecule has 0 amide bonds. The topological polar surface area (TPSA) is 135 Å². The van der Waals surface area contributed by atoms with Crippen LogP contribution in [-0.2, 0) is 23.7 Å². The molecule has 0 bridgehead atoms. The molecule has 9 heteroatoms. The molecule has 4 N–H and O–H groups in total. The molecule has 0 radical (unpaired) electrons. The highest BCUT2D eigenvalue weighted by atomic mass is 16.7. The molecule has 0 aromatic rings. The van der Waals surface area contributed by atoms with Gasteiger partial charge in [0.05, 0.1) is 19.8 Å². The normalized spacial score (nSPS) is 20.7. The molecule has 0 aliphatic carbocycles. The molecule has 6 unspecified atom stereocenters. The van der Waals surface area contributed by atoms with E-state index in [9.17, 15) is 25.2 Å². The summed E-state index contributed by atoms with van der Waals surface area (Å²) in [6.45, 7) is 4.48. The van der Waals surface area contributed by atoms with Crippen LogP contribution >= 0.6 is 0 Å². The van der Waals surface area contributed by atoms with Crippen LogP contribution < -0.4 is 0 Å². The predicted octanol–water partition coefficient (Wildman–Crippen LogP) is 10.8. The van der Waals surface area contributed by atoms with Crippen molar-refractivity contribution >= 4 is 5.97 Å². The number of carbonyl (C=O) groups excluding carboxylic acids is 1. The first-order valence-corrected chi connectivity index (χ1v) is 23.6. The van der Waals surface area contributed by atoms with Crippen molar-refractivity contribution in [2.45, 2.75) is 237 Å². The molecule has 334 valence electrons. The fourth-order valence-corrected chi connectivity index (χ4v) is 7.05. The van der Waals surface area contributed by atoms with E-state index in [0.717, 1.165) is 64.2 Å². The van der Waals surface area contributed by atoms with Crippen LogP contribution in [-0.4, -0.2) is 89.6 Å². The Kier molecular flexibility index (Phi) is 37.4. The number of aliphatic hydroxyl groups is 4. The second-order valence-electron chi connectivity index (χ2n) is 16.2. The maximum absolute atomic E-state index is 12.7. The summed E-state index contributed by atoms with van der Waals surface area (Å²) in [6, 6.07) is 0. The number of hydrogen-bond donors (Lipinski definition) is 4. The molecule has 1 aliphatic heterocycles. The molecule has 1 aliphatic rings. The summed E-state index contributed by atoms with van der Waals surface area (Å²) in [7, 11) is 0. The summed E-state index contributed by atoms with van der Waals surface area (Å²) in [6.07, 6.45) is 40.5. The zero-order chi connectivity index (χ0) is 41.4. The highest BCUT2D eigenvalue weighted by molar-refractivity contribution is 5.69.